The predicted octanol–water partition coefficient (Wildman–Crippen LogP) is 8.06. The molecule has 8 heteroatoms. The Morgan fingerprint density at radius 2 is 1.07 bits per heavy atom. The third-order valence-corrected chi connectivity index (χ3v) is 4.30. The maximum Gasteiger partial charge on any atom is 0.411 e. The summed E-state index contributed by atoms with van der Waals surface area (Å²) in [6.07, 6.45) is 0.551. The normalized spacial score (nSPS) is 14.2. The molecule has 0 aromatic heterocycles. The molecule has 0 bridgehead atoms. The Morgan fingerprint density at radius 1 is 0.667 bits per heavy atom. The van der Waals surface area contributed by atoms with Crippen molar-refractivity contribution in [3.05, 3.63) is 34.9 Å². The molecule has 2 nitrogen and oxygen atoms in total. The van der Waals surface area contributed by atoms with Crippen molar-refractivity contribution in [1.29, 1.82) is 0 Å². The summed E-state index contributed by atoms with van der Waals surface area (Å²) in [4.78, 5) is 0. The van der Waals surface area contributed by atoms with Gasteiger partial charge in [-0.25, -0.2) is 0 Å². The van der Waals surface area contributed by atoms with Gasteiger partial charge in [0.2, 0.25) is 0 Å². The lowest BCUT2D eigenvalue weighted by atomic mass is 10.0. The van der Waals surface area contributed by atoms with Crippen LogP contribution in [0.1, 0.15) is 73.1 Å². The lowest BCUT2D eigenvalue weighted by Gasteiger charge is -2.30. The van der Waals surface area contributed by atoms with Crippen LogP contribution in [-0.4, -0.2) is 31.4 Å². The molecule has 0 fully saturated rings. The van der Waals surface area contributed by atoms with Crippen LogP contribution in [0, 0.1) is 0 Å². The van der Waals surface area contributed by atoms with Crippen LogP contribution in [-0.2, 0) is 9.47 Å². The standard InChI is InChI=1S/C22H34F6O2/c1-17(2)9-6-10-18(3)11-7-12-19(4)13-8-14-20(5,29-15-21(23,24)25)30-16-22(26,27)28/h9,11,13H,6-8,10,12,14-16H2,1-5H3. The molecular weight excluding hydrogens is 410 g/mol. The van der Waals surface area contributed by atoms with Gasteiger partial charge in [-0.05, 0) is 66.7 Å². The monoisotopic (exact) mass is 444 g/mol. The Morgan fingerprint density at radius 3 is 1.47 bits per heavy atom. The van der Waals surface area contributed by atoms with E-state index in [1.807, 2.05) is 6.92 Å². The van der Waals surface area contributed by atoms with E-state index in [0.717, 1.165) is 38.2 Å². The number of hydrogen-bond donors (Lipinski definition) is 0. The van der Waals surface area contributed by atoms with E-state index in [1.54, 1.807) is 6.08 Å². The van der Waals surface area contributed by atoms with Gasteiger partial charge >= 0.3 is 12.4 Å². The summed E-state index contributed by atoms with van der Waals surface area (Å²) in [5.41, 5.74) is 3.58. The van der Waals surface area contributed by atoms with Gasteiger partial charge in [-0.15, -0.1) is 0 Å². The average molecular weight is 445 g/mol. The molecule has 0 atom stereocenters. The molecule has 0 saturated carbocycles. The summed E-state index contributed by atoms with van der Waals surface area (Å²) in [6.45, 7) is 5.84. The average Bonchev–Trinajstić information content (AvgIpc) is 2.57. The van der Waals surface area contributed by atoms with Crippen molar-refractivity contribution in [2.24, 2.45) is 0 Å². The van der Waals surface area contributed by atoms with Crippen LogP contribution in [0.5, 0.6) is 0 Å². The highest BCUT2D eigenvalue weighted by molar-refractivity contribution is 5.05. The lowest BCUT2D eigenvalue weighted by Crippen LogP contribution is -2.39. The quantitative estimate of drug-likeness (QED) is 0.162. The van der Waals surface area contributed by atoms with Gasteiger partial charge in [0.15, 0.2) is 5.79 Å². The van der Waals surface area contributed by atoms with E-state index in [-0.39, 0.29) is 12.8 Å². The van der Waals surface area contributed by atoms with Gasteiger partial charge in [-0.2, -0.15) is 26.3 Å². The molecule has 0 aromatic rings. The summed E-state index contributed by atoms with van der Waals surface area (Å²) in [5.74, 6) is -1.97. The van der Waals surface area contributed by atoms with Crippen molar-refractivity contribution >= 4 is 0 Å². The fourth-order valence-electron chi connectivity index (χ4n) is 2.57. The Balaban J connectivity index is 4.62. The Labute approximate surface area is 176 Å². The number of alkyl halides is 6. The summed E-state index contributed by atoms with van der Waals surface area (Å²) in [6, 6.07) is 0. The van der Waals surface area contributed by atoms with Gasteiger partial charge in [-0.3, -0.25) is 0 Å². The summed E-state index contributed by atoms with van der Waals surface area (Å²) >= 11 is 0. The highest BCUT2D eigenvalue weighted by Crippen LogP contribution is 2.28. The maximum absolute atomic E-state index is 12.4. The van der Waals surface area contributed by atoms with E-state index in [1.165, 1.54) is 11.1 Å². The van der Waals surface area contributed by atoms with Gasteiger partial charge in [0.1, 0.15) is 13.2 Å². The third kappa shape index (κ3) is 17.6. The Kier molecular flexibility index (Phi) is 12.6. The second kappa shape index (κ2) is 13.2. The SMILES string of the molecule is CC(C)=CCCC(C)=CCCC(C)=CCCC(C)(OCC(F)(F)F)OCC(F)(F)F. The van der Waals surface area contributed by atoms with E-state index in [4.69, 9.17) is 0 Å². The first kappa shape index (κ1) is 28.7. The molecule has 0 saturated heterocycles. The van der Waals surface area contributed by atoms with Crippen LogP contribution in [0.15, 0.2) is 34.9 Å². The van der Waals surface area contributed by atoms with Crippen molar-refractivity contribution in [1.82, 2.24) is 0 Å². The molecule has 176 valence electrons. The van der Waals surface area contributed by atoms with Crippen molar-refractivity contribution in [2.75, 3.05) is 13.2 Å². The third-order valence-electron chi connectivity index (χ3n) is 4.30. The van der Waals surface area contributed by atoms with Crippen LogP contribution >= 0.6 is 0 Å². The summed E-state index contributed by atoms with van der Waals surface area (Å²) < 4.78 is 83.7. The zero-order valence-corrected chi connectivity index (χ0v) is 18.5. The summed E-state index contributed by atoms with van der Waals surface area (Å²) in [5, 5.41) is 0. The highest BCUT2D eigenvalue weighted by Gasteiger charge is 2.38. The molecule has 0 heterocycles. The second-order valence-corrected chi connectivity index (χ2v) is 7.94. The van der Waals surface area contributed by atoms with Crippen LogP contribution in [0.25, 0.3) is 0 Å². The molecule has 30 heavy (non-hydrogen) atoms. The van der Waals surface area contributed by atoms with Crippen molar-refractivity contribution in [2.45, 2.75) is 91.3 Å². The molecule has 0 aliphatic carbocycles. The molecule has 0 unspecified atom stereocenters. The molecule has 0 aromatic carbocycles. The minimum atomic E-state index is -4.65. The lowest BCUT2D eigenvalue weighted by molar-refractivity contribution is -0.305. The minimum absolute atomic E-state index is 0.117. The topological polar surface area (TPSA) is 18.5 Å². The summed E-state index contributed by atoms with van der Waals surface area (Å²) in [7, 11) is 0. The van der Waals surface area contributed by atoms with Crippen LogP contribution in [0.4, 0.5) is 26.3 Å². The van der Waals surface area contributed by atoms with Gasteiger partial charge in [-0.1, -0.05) is 34.9 Å². The molecule has 0 spiro atoms. The first-order chi connectivity index (χ1) is 13.6. The molecule has 0 N–H and O–H groups in total. The Hall–Kier alpha value is -1.28. The van der Waals surface area contributed by atoms with E-state index in [9.17, 15) is 26.3 Å². The largest absolute Gasteiger partial charge is 0.411 e. The van der Waals surface area contributed by atoms with E-state index >= 15 is 0 Å². The number of rotatable bonds is 13. The molecule has 0 rings (SSSR count). The molecule has 0 amide bonds. The zero-order valence-electron chi connectivity index (χ0n) is 18.5. The number of ether oxygens (including phenoxy) is 2. The zero-order chi connectivity index (χ0) is 23.4. The smallest absolute Gasteiger partial charge is 0.341 e. The number of halogens is 6. The van der Waals surface area contributed by atoms with E-state index in [2.05, 4.69) is 42.4 Å². The van der Waals surface area contributed by atoms with Gasteiger partial charge in [0.05, 0.1) is 0 Å². The van der Waals surface area contributed by atoms with E-state index < -0.39 is 31.4 Å². The van der Waals surface area contributed by atoms with Gasteiger partial charge < -0.3 is 9.47 Å². The highest BCUT2D eigenvalue weighted by atomic mass is 19.4. The van der Waals surface area contributed by atoms with Crippen molar-refractivity contribution in [3.63, 3.8) is 0 Å². The molecule has 0 aliphatic rings. The van der Waals surface area contributed by atoms with Crippen LogP contribution in [0.2, 0.25) is 0 Å². The fraction of sp³-hybridized carbons (Fsp3) is 0.727. The first-order valence-electron chi connectivity index (χ1n) is 9.98. The molecule has 0 aliphatic heterocycles. The van der Waals surface area contributed by atoms with Gasteiger partial charge in [0, 0.05) is 6.42 Å². The maximum atomic E-state index is 12.4. The van der Waals surface area contributed by atoms with E-state index in [0.29, 0.717) is 0 Å². The second-order valence-electron chi connectivity index (χ2n) is 7.94. The molecule has 0 radical (unpaired) electrons. The predicted molar refractivity (Wildman–Crippen MR) is 107 cm³/mol. The number of allylic oxidation sites excluding steroid dienone is 6. The van der Waals surface area contributed by atoms with Crippen LogP contribution < -0.4 is 0 Å². The van der Waals surface area contributed by atoms with Crippen molar-refractivity contribution in [3.8, 4) is 0 Å². The Bertz CT molecular complexity index is 563. The number of hydrogen-bond acceptors (Lipinski definition) is 2. The van der Waals surface area contributed by atoms with Crippen molar-refractivity contribution < 1.29 is 35.8 Å². The fourth-order valence-corrected chi connectivity index (χ4v) is 2.57. The minimum Gasteiger partial charge on any atom is -0.341 e. The van der Waals surface area contributed by atoms with Crippen LogP contribution in [0.3, 0.4) is 0 Å². The molecular formula is C22H34F6O2. The first-order valence-corrected chi connectivity index (χ1v) is 9.98. The van der Waals surface area contributed by atoms with Gasteiger partial charge in [0.25, 0.3) is 0 Å².